The Morgan fingerprint density at radius 3 is 3.04 bits per heavy atom. The third-order valence-corrected chi connectivity index (χ3v) is 4.76. The van der Waals surface area contributed by atoms with E-state index in [9.17, 15) is 9.59 Å². The number of benzene rings is 1. The third kappa shape index (κ3) is 4.85. The van der Waals surface area contributed by atoms with E-state index in [0.29, 0.717) is 23.9 Å². The summed E-state index contributed by atoms with van der Waals surface area (Å²) in [5.41, 5.74) is 1.05. The van der Waals surface area contributed by atoms with Crippen molar-refractivity contribution in [1.82, 2.24) is 10.6 Å². The zero-order valence-electron chi connectivity index (χ0n) is 15.2. The van der Waals surface area contributed by atoms with Crippen molar-refractivity contribution in [2.45, 2.75) is 45.1 Å². The van der Waals surface area contributed by atoms with E-state index >= 15 is 0 Å². The van der Waals surface area contributed by atoms with E-state index in [0.717, 1.165) is 30.3 Å². The topological polar surface area (TPSA) is 80.6 Å². The number of fused-ring (bicyclic) bond motifs is 1. The maximum atomic E-state index is 12.0. The number of hydrogen-bond donors (Lipinski definition) is 2. The number of rotatable bonds is 6. The van der Waals surface area contributed by atoms with Gasteiger partial charge < -0.3 is 19.8 Å². The standard InChI is InChI=1S/C20H26N2O4/c1-2-14-10-20(24)26-18-11-16(7-8-17(14)18)25-13-19(23)22-12-15-6-4-3-5-9-21-15/h7-8,10-11,15,21H,2-6,9,12-13H2,1H3,(H,22,23). The summed E-state index contributed by atoms with van der Waals surface area (Å²) in [6, 6.07) is 7.17. The van der Waals surface area contributed by atoms with Crippen molar-refractivity contribution in [3.05, 3.63) is 40.2 Å². The van der Waals surface area contributed by atoms with E-state index in [2.05, 4.69) is 10.6 Å². The first-order chi connectivity index (χ1) is 12.7. The largest absolute Gasteiger partial charge is 0.484 e. The second kappa shape index (κ2) is 8.85. The maximum absolute atomic E-state index is 12.0. The fourth-order valence-corrected chi connectivity index (χ4v) is 3.30. The average Bonchev–Trinajstić information content (AvgIpc) is 2.92. The molecule has 3 rings (SSSR count). The van der Waals surface area contributed by atoms with E-state index in [4.69, 9.17) is 9.15 Å². The predicted octanol–water partition coefficient (Wildman–Crippen LogP) is 2.38. The van der Waals surface area contributed by atoms with E-state index < -0.39 is 0 Å². The number of hydrogen-bond acceptors (Lipinski definition) is 5. The van der Waals surface area contributed by atoms with Crippen molar-refractivity contribution in [2.24, 2.45) is 0 Å². The number of amides is 1. The summed E-state index contributed by atoms with van der Waals surface area (Å²) in [6.07, 6.45) is 5.49. The molecule has 1 aliphatic rings. The van der Waals surface area contributed by atoms with Crippen LogP contribution in [0.4, 0.5) is 0 Å². The van der Waals surface area contributed by atoms with Gasteiger partial charge in [-0.25, -0.2) is 4.79 Å². The molecule has 0 saturated carbocycles. The molecule has 1 atom stereocenters. The van der Waals surface area contributed by atoms with E-state index in [1.165, 1.54) is 25.3 Å². The molecule has 1 saturated heterocycles. The van der Waals surface area contributed by atoms with Crippen molar-refractivity contribution in [3.8, 4) is 5.75 Å². The number of ether oxygens (including phenoxy) is 1. The minimum absolute atomic E-state index is 0.0596. The number of aryl methyl sites for hydroxylation is 1. The lowest BCUT2D eigenvalue weighted by Crippen LogP contribution is -2.41. The van der Waals surface area contributed by atoms with Crippen LogP contribution in [0.15, 0.2) is 33.5 Å². The predicted molar refractivity (Wildman–Crippen MR) is 101 cm³/mol. The molecule has 0 aliphatic carbocycles. The third-order valence-electron chi connectivity index (χ3n) is 4.76. The summed E-state index contributed by atoms with van der Waals surface area (Å²) in [4.78, 5) is 23.6. The Morgan fingerprint density at radius 1 is 1.31 bits per heavy atom. The SMILES string of the molecule is CCc1cc(=O)oc2cc(OCC(=O)NCC3CCCCCN3)ccc12. The summed E-state index contributed by atoms with van der Waals surface area (Å²) in [5, 5.41) is 7.26. The molecule has 0 spiro atoms. The molecule has 6 heteroatoms. The fraction of sp³-hybridized carbons (Fsp3) is 0.500. The fourth-order valence-electron chi connectivity index (χ4n) is 3.30. The second-order valence-corrected chi connectivity index (χ2v) is 6.70. The summed E-state index contributed by atoms with van der Waals surface area (Å²) in [7, 11) is 0. The minimum Gasteiger partial charge on any atom is -0.484 e. The van der Waals surface area contributed by atoms with Gasteiger partial charge in [0, 0.05) is 30.1 Å². The summed E-state index contributed by atoms with van der Waals surface area (Å²) in [6.45, 7) is 3.57. The molecule has 2 N–H and O–H groups in total. The van der Waals surface area contributed by atoms with Gasteiger partial charge in [0.2, 0.25) is 0 Å². The van der Waals surface area contributed by atoms with Gasteiger partial charge in [0.05, 0.1) is 0 Å². The molecule has 2 aromatic rings. The summed E-state index contributed by atoms with van der Waals surface area (Å²) in [5.74, 6) is 0.358. The van der Waals surface area contributed by atoms with Crippen molar-refractivity contribution >= 4 is 16.9 Å². The molecule has 0 radical (unpaired) electrons. The van der Waals surface area contributed by atoms with Gasteiger partial charge in [-0.2, -0.15) is 0 Å². The normalized spacial score (nSPS) is 17.7. The second-order valence-electron chi connectivity index (χ2n) is 6.70. The smallest absolute Gasteiger partial charge is 0.336 e. The lowest BCUT2D eigenvalue weighted by Gasteiger charge is -2.16. The van der Waals surface area contributed by atoms with Crippen LogP contribution in [-0.4, -0.2) is 31.6 Å². The molecule has 1 aromatic carbocycles. The minimum atomic E-state index is -0.375. The Kier molecular flexibility index (Phi) is 6.28. The highest BCUT2D eigenvalue weighted by Gasteiger charge is 2.13. The van der Waals surface area contributed by atoms with Crippen molar-refractivity contribution < 1.29 is 13.9 Å². The Morgan fingerprint density at radius 2 is 2.19 bits per heavy atom. The van der Waals surface area contributed by atoms with Crippen molar-refractivity contribution in [2.75, 3.05) is 19.7 Å². The monoisotopic (exact) mass is 358 g/mol. The van der Waals surface area contributed by atoms with Gasteiger partial charge in [0.1, 0.15) is 11.3 Å². The first-order valence-corrected chi connectivity index (χ1v) is 9.35. The van der Waals surface area contributed by atoms with Crippen LogP contribution in [-0.2, 0) is 11.2 Å². The first-order valence-electron chi connectivity index (χ1n) is 9.35. The zero-order valence-corrected chi connectivity index (χ0v) is 15.2. The van der Waals surface area contributed by atoms with E-state index in [1.807, 2.05) is 13.0 Å². The van der Waals surface area contributed by atoms with Gasteiger partial charge in [0.15, 0.2) is 6.61 Å². The molecule has 26 heavy (non-hydrogen) atoms. The van der Waals surface area contributed by atoms with Gasteiger partial charge in [-0.3, -0.25) is 4.79 Å². The molecular formula is C20H26N2O4. The summed E-state index contributed by atoms with van der Waals surface area (Å²) < 4.78 is 10.8. The highest BCUT2D eigenvalue weighted by Crippen LogP contribution is 2.23. The number of carbonyl (C=O) groups excluding carboxylic acids is 1. The first kappa shape index (κ1) is 18.5. The molecule has 1 unspecified atom stereocenters. The Bertz CT molecular complexity index is 807. The number of carbonyl (C=O) groups is 1. The lowest BCUT2D eigenvalue weighted by atomic mass is 10.1. The molecule has 140 valence electrons. The van der Waals surface area contributed by atoms with Gasteiger partial charge in [-0.15, -0.1) is 0 Å². The van der Waals surface area contributed by atoms with Crippen LogP contribution in [0.2, 0.25) is 0 Å². The molecule has 1 aliphatic heterocycles. The molecule has 2 heterocycles. The zero-order chi connectivity index (χ0) is 18.4. The maximum Gasteiger partial charge on any atom is 0.336 e. The van der Waals surface area contributed by atoms with Crippen LogP contribution in [0.5, 0.6) is 5.75 Å². The molecule has 1 aromatic heterocycles. The van der Waals surface area contributed by atoms with Crippen molar-refractivity contribution in [3.63, 3.8) is 0 Å². The quantitative estimate of drug-likeness (QED) is 0.775. The summed E-state index contributed by atoms with van der Waals surface area (Å²) >= 11 is 0. The molecule has 0 bridgehead atoms. The van der Waals surface area contributed by atoms with Crippen LogP contribution >= 0.6 is 0 Å². The molecular weight excluding hydrogens is 332 g/mol. The van der Waals surface area contributed by atoms with Crippen LogP contribution in [0, 0.1) is 0 Å². The Balaban J connectivity index is 1.55. The van der Waals surface area contributed by atoms with Gasteiger partial charge in [-0.1, -0.05) is 19.8 Å². The van der Waals surface area contributed by atoms with Crippen LogP contribution in [0.3, 0.4) is 0 Å². The highest BCUT2D eigenvalue weighted by molar-refractivity contribution is 5.82. The lowest BCUT2D eigenvalue weighted by molar-refractivity contribution is -0.123. The van der Waals surface area contributed by atoms with Gasteiger partial charge >= 0.3 is 5.63 Å². The van der Waals surface area contributed by atoms with Gasteiger partial charge in [0.25, 0.3) is 5.91 Å². The van der Waals surface area contributed by atoms with Crippen LogP contribution < -0.4 is 21.0 Å². The number of nitrogens with one attached hydrogen (secondary N) is 2. The Hall–Kier alpha value is -2.34. The molecule has 6 nitrogen and oxygen atoms in total. The van der Waals surface area contributed by atoms with Gasteiger partial charge in [-0.05, 0) is 43.5 Å². The average molecular weight is 358 g/mol. The van der Waals surface area contributed by atoms with Crippen molar-refractivity contribution in [1.29, 1.82) is 0 Å². The Labute approximate surface area is 152 Å². The van der Waals surface area contributed by atoms with E-state index in [1.54, 1.807) is 12.1 Å². The van der Waals surface area contributed by atoms with E-state index in [-0.39, 0.29) is 18.1 Å². The van der Waals surface area contributed by atoms with Crippen LogP contribution in [0.1, 0.15) is 38.2 Å². The highest BCUT2D eigenvalue weighted by atomic mass is 16.5. The molecule has 1 amide bonds. The van der Waals surface area contributed by atoms with Crippen LogP contribution in [0.25, 0.3) is 11.0 Å². The molecule has 1 fully saturated rings.